The number of rotatable bonds is 7. The van der Waals surface area contributed by atoms with Gasteiger partial charge < -0.3 is 10.1 Å². The lowest BCUT2D eigenvalue weighted by molar-refractivity contribution is 0.296. The van der Waals surface area contributed by atoms with Crippen molar-refractivity contribution < 1.29 is 4.74 Å². The van der Waals surface area contributed by atoms with Gasteiger partial charge in [0.25, 0.3) is 0 Å². The van der Waals surface area contributed by atoms with Crippen molar-refractivity contribution in [2.45, 2.75) is 40.0 Å². The van der Waals surface area contributed by atoms with Gasteiger partial charge in [-0.2, -0.15) is 4.98 Å². The fraction of sp³-hybridized carbons (Fsp3) is 0.667. The van der Waals surface area contributed by atoms with Crippen molar-refractivity contribution in [3.8, 4) is 5.88 Å². The van der Waals surface area contributed by atoms with E-state index in [0.29, 0.717) is 5.88 Å². The molecule has 90 valence electrons. The number of aryl methyl sites for hydroxylation is 1. The predicted octanol–water partition coefficient (Wildman–Crippen LogP) is 2.65. The lowest BCUT2D eigenvalue weighted by atomic mass is 10.4. The van der Waals surface area contributed by atoms with E-state index in [1.54, 1.807) is 0 Å². The van der Waals surface area contributed by atoms with Crippen molar-refractivity contribution in [3.05, 3.63) is 11.9 Å². The van der Waals surface area contributed by atoms with Gasteiger partial charge >= 0.3 is 0 Å². The average molecular weight is 223 g/mol. The van der Waals surface area contributed by atoms with Crippen molar-refractivity contribution in [1.82, 2.24) is 9.97 Å². The number of aromatic nitrogens is 2. The zero-order chi connectivity index (χ0) is 11.8. The molecule has 0 unspecified atom stereocenters. The number of nitrogens with one attached hydrogen (secondary N) is 1. The van der Waals surface area contributed by atoms with Crippen LogP contribution in [0.1, 0.15) is 39.4 Å². The van der Waals surface area contributed by atoms with Crippen molar-refractivity contribution in [2.24, 2.45) is 0 Å². The smallest absolute Gasteiger partial charge is 0.218 e. The summed E-state index contributed by atoms with van der Waals surface area (Å²) in [6.07, 6.45) is 3.01. The van der Waals surface area contributed by atoms with E-state index in [-0.39, 0.29) is 0 Å². The molecular weight excluding hydrogens is 202 g/mol. The van der Waals surface area contributed by atoms with Gasteiger partial charge in [-0.05, 0) is 13.3 Å². The van der Waals surface area contributed by atoms with Gasteiger partial charge in [0, 0.05) is 19.0 Å². The minimum atomic E-state index is 0.677. The van der Waals surface area contributed by atoms with Crippen molar-refractivity contribution in [1.29, 1.82) is 0 Å². The molecule has 16 heavy (non-hydrogen) atoms. The highest BCUT2D eigenvalue weighted by Gasteiger charge is 2.03. The van der Waals surface area contributed by atoms with Crippen molar-refractivity contribution in [3.63, 3.8) is 0 Å². The van der Waals surface area contributed by atoms with Crippen LogP contribution in [0.25, 0.3) is 0 Å². The van der Waals surface area contributed by atoms with Gasteiger partial charge in [0.2, 0.25) is 5.88 Å². The fourth-order valence-electron chi connectivity index (χ4n) is 1.30. The van der Waals surface area contributed by atoms with Crippen LogP contribution in [0.5, 0.6) is 5.88 Å². The van der Waals surface area contributed by atoms with Gasteiger partial charge in [-0.1, -0.05) is 20.3 Å². The van der Waals surface area contributed by atoms with Crippen molar-refractivity contribution in [2.75, 3.05) is 18.5 Å². The van der Waals surface area contributed by atoms with Crippen LogP contribution in [-0.4, -0.2) is 23.1 Å². The molecule has 0 bridgehead atoms. The molecule has 0 aliphatic carbocycles. The molecule has 1 rings (SSSR count). The highest BCUT2D eigenvalue weighted by molar-refractivity contribution is 5.38. The molecule has 0 aromatic carbocycles. The minimum absolute atomic E-state index is 0.677. The zero-order valence-corrected chi connectivity index (χ0v) is 10.4. The number of ether oxygens (including phenoxy) is 1. The van der Waals surface area contributed by atoms with Gasteiger partial charge in [0.15, 0.2) is 0 Å². The molecule has 0 spiro atoms. The normalized spacial score (nSPS) is 10.2. The third-order valence-corrected chi connectivity index (χ3v) is 2.17. The monoisotopic (exact) mass is 223 g/mol. The molecule has 0 amide bonds. The Balaban J connectivity index is 2.69. The quantitative estimate of drug-likeness (QED) is 0.722. The first-order valence-corrected chi connectivity index (χ1v) is 6.04. The SMILES string of the molecule is CCCCOc1cc(NCC)nc(CC)n1. The van der Waals surface area contributed by atoms with Crippen LogP contribution < -0.4 is 10.1 Å². The molecule has 0 saturated heterocycles. The number of nitrogens with zero attached hydrogens (tertiary/aromatic N) is 2. The Morgan fingerprint density at radius 1 is 1.25 bits per heavy atom. The summed E-state index contributed by atoms with van der Waals surface area (Å²) in [5, 5.41) is 3.18. The largest absolute Gasteiger partial charge is 0.478 e. The standard InChI is InChI=1S/C12H21N3O/c1-4-7-8-16-12-9-11(13-6-3)14-10(5-2)15-12/h9H,4-8H2,1-3H3,(H,13,14,15). The molecule has 1 aromatic rings. The van der Waals surface area contributed by atoms with Gasteiger partial charge in [-0.25, -0.2) is 4.98 Å². The summed E-state index contributed by atoms with van der Waals surface area (Å²) in [5.74, 6) is 2.35. The number of hydrogen-bond donors (Lipinski definition) is 1. The molecule has 0 fully saturated rings. The van der Waals surface area contributed by atoms with Crippen LogP contribution >= 0.6 is 0 Å². The molecule has 1 aromatic heterocycles. The highest BCUT2D eigenvalue weighted by Crippen LogP contribution is 2.14. The van der Waals surface area contributed by atoms with Crippen LogP contribution in [-0.2, 0) is 6.42 Å². The molecule has 0 saturated carbocycles. The van der Waals surface area contributed by atoms with Crippen molar-refractivity contribution >= 4 is 5.82 Å². The summed E-state index contributed by atoms with van der Waals surface area (Å²) in [6.45, 7) is 7.81. The second kappa shape index (κ2) is 7.04. The van der Waals surface area contributed by atoms with Gasteiger partial charge in [0.05, 0.1) is 6.61 Å². The fourth-order valence-corrected chi connectivity index (χ4v) is 1.30. The predicted molar refractivity (Wildman–Crippen MR) is 66.0 cm³/mol. The first-order chi connectivity index (χ1) is 7.80. The van der Waals surface area contributed by atoms with Gasteiger partial charge in [-0.3, -0.25) is 0 Å². The molecular formula is C12H21N3O. The molecule has 4 nitrogen and oxygen atoms in total. The Morgan fingerprint density at radius 3 is 2.69 bits per heavy atom. The highest BCUT2D eigenvalue weighted by atomic mass is 16.5. The Labute approximate surface area is 97.5 Å². The summed E-state index contributed by atoms with van der Waals surface area (Å²) in [4.78, 5) is 8.70. The molecule has 0 aliphatic heterocycles. The van der Waals surface area contributed by atoms with E-state index in [4.69, 9.17) is 4.74 Å². The molecule has 0 aliphatic rings. The second-order valence-corrected chi connectivity index (χ2v) is 3.59. The Kier molecular flexibility index (Phi) is 5.61. The maximum atomic E-state index is 5.58. The van der Waals surface area contributed by atoms with Gasteiger partial charge in [-0.15, -0.1) is 0 Å². The molecule has 0 radical (unpaired) electrons. The van der Waals surface area contributed by atoms with E-state index in [9.17, 15) is 0 Å². The van der Waals surface area contributed by atoms with E-state index >= 15 is 0 Å². The number of hydrogen-bond acceptors (Lipinski definition) is 4. The third kappa shape index (κ3) is 4.04. The van der Waals surface area contributed by atoms with E-state index in [1.165, 1.54) is 0 Å². The Hall–Kier alpha value is -1.32. The van der Waals surface area contributed by atoms with Crippen LogP contribution in [0.3, 0.4) is 0 Å². The van der Waals surface area contributed by atoms with E-state index in [1.807, 2.05) is 19.9 Å². The maximum Gasteiger partial charge on any atom is 0.218 e. The summed E-state index contributed by atoms with van der Waals surface area (Å²) in [5.41, 5.74) is 0. The van der Waals surface area contributed by atoms with Crippen LogP contribution in [0, 0.1) is 0 Å². The van der Waals surface area contributed by atoms with E-state index < -0.39 is 0 Å². The first-order valence-electron chi connectivity index (χ1n) is 6.04. The molecule has 1 N–H and O–H groups in total. The molecule has 0 atom stereocenters. The Bertz CT molecular complexity index is 315. The zero-order valence-electron chi connectivity index (χ0n) is 10.4. The van der Waals surface area contributed by atoms with Crippen LogP contribution in [0.2, 0.25) is 0 Å². The summed E-state index contributed by atoms with van der Waals surface area (Å²) in [7, 11) is 0. The Morgan fingerprint density at radius 2 is 2.06 bits per heavy atom. The molecule has 1 heterocycles. The topological polar surface area (TPSA) is 47.0 Å². The molecule has 4 heteroatoms. The minimum Gasteiger partial charge on any atom is -0.478 e. The maximum absolute atomic E-state index is 5.58. The number of anilines is 1. The van der Waals surface area contributed by atoms with E-state index in [0.717, 1.165) is 44.1 Å². The van der Waals surface area contributed by atoms with Gasteiger partial charge in [0.1, 0.15) is 11.6 Å². The first kappa shape index (κ1) is 12.7. The van der Waals surface area contributed by atoms with E-state index in [2.05, 4.69) is 22.2 Å². The second-order valence-electron chi connectivity index (χ2n) is 3.59. The van der Waals surface area contributed by atoms with Crippen LogP contribution in [0.15, 0.2) is 6.07 Å². The number of unbranched alkanes of at least 4 members (excludes halogenated alkanes) is 1. The lowest BCUT2D eigenvalue weighted by Crippen LogP contribution is -2.06. The van der Waals surface area contributed by atoms with Crippen LogP contribution in [0.4, 0.5) is 5.82 Å². The summed E-state index contributed by atoms with van der Waals surface area (Å²) in [6, 6.07) is 1.86. The lowest BCUT2D eigenvalue weighted by Gasteiger charge is -2.08. The third-order valence-electron chi connectivity index (χ3n) is 2.17. The summed E-state index contributed by atoms with van der Waals surface area (Å²) >= 11 is 0. The average Bonchev–Trinajstić information content (AvgIpc) is 2.29. The summed E-state index contributed by atoms with van der Waals surface area (Å²) < 4.78 is 5.58.